The maximum Gasteiger partial charge on any atom is 0.133 e. The Balaban J connectivity index is 2.00. The molecule has 1 heterocycles. The quantitative estimate of drug-likeness (QED) is 0.695. The lowest BCUT2D eigenvalue weighted by atomic mass is 9.85. The number of phenols is 1. The molecule has 1 aliphatic rings. The van der Waals surface area contributed by atoms with Gasteiger partial charge in [0.25, 0.3) is 0 Å². The lowest BCUT2D eigenvalue weighted by Crippen LogP contribution is -2.48. The average molecular weight is 344 g/mol. The summed E-state index contributed by atoms with van der Waals surface area (Å²) < 4.78 is 6.14. The van der Waals surface area contributed by atoms with Crippen LogP contribution in [-0.4, -0.2) is 21.9 Å². The SMILES string of the molecule is CC(C)=CCC/C(C)=C/CC[C@@]1(C)Oc2cc(C)cc(O)c2C[C@H]1O. The van der Waals surface area contributed by atoms with Crippen molar-refractivity contribution in [3.05, 3.63) is 46.6 Å². The van der Waals surface area contributed by atoms with E-state index in [1.54, 1.807) is 6.07 Å². The molecule has 1 aromatic rings. The molecule has 0 fully saturated rings. The fraction of sp³-hybridized carbons (Fsp3) is 0.545. The molecule has 0 saturated heterocycles. The van der Waals surface area contributed by atoms with E-state index in [9.17, 15) is 10.2 Å². The Morgan fingerprint density at radius 1 is 1.24 bits per heavy atom. The van der Waals surface area contributed by atoms with Gasteiger partial charge < -0.3 is 14.9 Å². The number of hydrogen-bond acceptors (Lipinski definition) is 3. The number of phenolic OH excluding ortho intramolecular Hbond substituents is 1. The molecule has 1 aliphatic heterocycles. The van der Waals surface area contributed by atoms with Gasteiger partial charge >= 0.3 is 0 Å². The van der Waals surface area contributed by atoms with Crippen LogP contribution in [0.15, 0.2) is 35.4 Å². The minimum absolute atomic E-state index is 0.214. The molecule has 0 unspecified atom stereocenters. The van der Waals surface area contributed by atoms with Crippen molar-refractivity contribution in [2.45, 2.75) is 78.4 Å². The zero-order valence-electron chi connectivity index (χ0n) is 16.2. The molecular formula is C22H32O3. The van der Waals surface area contributed by atoms with Crippen LogP contribution < -0.4 is 4.74 Å². The summed E-state index contributed by atoms with van der Waals surface area (Å²) in [5, 5.41) is 20.7. The summed E-state index contributed by atoms with van der Waals surface area (Å²) >= 11 is 0. The highest BCUT2D eigenvalue weighted by atomic mass is 16.5. The van der Waals surface area contributed by atoms with Crippen LogP contribution in [0.3, 0.4) is 0 Å². The second-order valence-electron chi connectivity index (χ2n) is 7.80. The molecule has 1 aromatic carbocycles. The van der Waals surface area contributed by atoms with Crippen LogP contribution in [0.1, 0.15) is 64.5 Å². The number of fused-ring (bicyclic) bond motifs is 1. The lowest BCUT2D eigenvalue weighted by molar-refractivity contribution is -0.0592. The average Bonchev–Trinajstić information content (AvgIpc) is 2.49. The third-order valence-electron chi connectivity index (χ3n) is 5.00. The summed E-state index contributed by atoms with van der Waals surface area (Å²) in [6.45, 7) is 10.3. The first-order valence-corrected chi connectivity index (χ1v) is 9.20. The second kappa shape index (κ2) is 8.09. The predicted molar refractivity (Wildman–Crippen MR) is 103 cm³/mol. The summed E-state index contributed by atoms with van der Waals surface area (Å²) in [6.07, 6.45) is 8.11. The van der Waals surface area contributed by atoms with E-state index >= 15 is 0 Å². The van der Waals surface area contributed by atoms with Crippen molar-refractivity contribution in [3.63, 3.8) is 0 Å². The molecular weight excluding hydrogens is 312 g/mol. The minimum atomic E-state index is -0.621. The molecule has 2 atom stereocenters. The fourth-order valence-corrected chi connectivity index (χ4v) is 3.30. The third-order valence-corrected chi connectivity index (χ3v) is 5.00. The largest absolute Gasteiger partial charge is 0.508 e. The van der Waals surface area contributed by atoms with Gasteiger partial charge in [-0.3, -0.25) is 0 Å². The number of aliphatic hydroxyl groups is 1. The van der Waals surface area contributed by atoms with Crippen LogP contribution in [-0.2, 0) is 6.42 Å². The van der Waals surface area contributed by atoms with Crippen molar-refractivity contribution >= 4 is 0 Å². The van der Waals surface area contributed by atoms with Gasteiger partial charge in [0.15, 0.2) is 0 Å². The number of hydrogen-bond donors (Lipinski definition) is 2. The summed E-state index contributed by atoms with van der Waals surface area (Å²) in [6, 6.07) is 3.66. The smallest absolute Gasteiger partial charge is 0.133 e. The Morgan fingerprint density at radius 3 is 2.64 bits per heavy atom. The van der Waals surface area contributed by atoms with Gasteiger partial charge in [0.2, 0.25) is 0 Å². The Morgan fingerprint density at radius 2 is 1.96 bits per heavy atom. The van der Waals surface area contributed by atoms with Gasteiger partial charge in [-0.15, -0.1) is 0 Å². The minimum Gasteiger partial charge on any atom is -0.508 e. The highest BCUT2D eigenvalue weighted by Gasteiger charge is 2.40. The van der Waals surface area contributed by atoms with Crippen molar-refractivity contribution < 1.29 is 14.9 Å². The first-order chi connectivity index (χ1) is 11.7. The highest BCUT2D eigenvalue weighted by molar-refractivity contribution is 5.49. The second-order valence-corrected chi connectivity index (χ2v) is 7.80. The zero-order chi connectivity index (χ0) is 18.6. The van der Waals surface area contributed by atoms with Crippen LogP contribution in [0.25, 0.3) is 0 Å². The summed E-state index contributed by atoms with van der Waals surface area (Å²) in [4.78, 5) is 0. The first-order valence-electron chi connectivity index (χ1n) is 9.20. The van der Waals surface area contributed by atoms with Gasteiger partial charge in [0.05, 0.1) is 6.10 Å². The molecule has 0 saturated carbocycles. The Hall–Kier alpha value is -1.74. The number of allylic oxidation sites excluding steroid dienone is 4. The van der Waals surface area contributed by atoms with Gasteiger partial charge in [-0.2, -0.15) is 0 Å². The molecule has 0 aliphatic carbocycles. The van der Waals surface area contributed by atoms with E-state index in [4.69, 9.17) is 4.74 Å². The molecule has 2 rings (SSSR count). The van der Waals surface area contributed by atoms with E-state index in [0.717, 1.165) is 31.2 Å². The monoisotopic (exact) mass is 344 g/mol. The Kier molecular flexibility index (Phi) is 6.34. The standard InChI is InChI=1S/C22H32O3/c1-15(2)8-6-9-16(3)10-7-11-22(5)21(24)14-18-19(23)12-17(4)13-20(18)25-22/h8,10,12-13,21,23-24H,6-7,9,11,14H2,1-5H3/b16-10+/t21-,22-/m1/s1. The van der Waals surface area contributed by atoms with Crippen LogP contribution >= 0.6 is 0 Å². The molecule has 0 bridgehead atoms. The summed E-state index contributed by atoms with van der Waals surface area (Å²) in [5.41, 5.74) is 3.79. The van der Waals surface area contributed by atoms with Crippen molar-refractivity contribution in [1.82, 2.24) is 0 Å². The normalized spacial score (nSPS) is 23.0. The predicted octanol–water partition coefficient (Wildman–Crippen LogP) is 5.23. The molecule has 138 valence electrons. The molecule has 3 heteroatoms. The van der Waals surface area contributed by atoms with Crippen molar-refractivity contribution in [2.75, 3.05) is 0 Å². The number of aromatic hydroxyl groups is 1. The van der Waals surface area contributed by atoms with E-state index in [2.05, 4.69) is 32.9 Å². The lowest BCUT2D eigenvalue weighted by Gasteiger charge is -2.40. The fourth-order valence-electron chi connectivity index (χ4n) is 3.30. The van der Waals surface area contributed by atoms with Crippen molar-refractivity contribution in [1.29, 1.82) is 0 Å². The van der Waals surface area contributed by atoms with Crippen molar-refractivity contribution in [3.8, 4) is 11.5 Å². The molecule has 0 radical (unpaired) electrons. The zero-order valence-corrected chi connectivity index (χ0v) is 16.2. The number of ether oxygens (including phenoxy) is 1. The number of aliphatic hydroxyl groups excluding tert-OH is 1. The van der Waals surface area contributed by atoms with E-state index < -0.39 is 11.7 Å². The maximum absolute atomic E-state index is 10.6. The van der Waals surface area contributed by atoms with E-state index in [0.29, 0.717) is 17.7 Å². The van der Waals surface area contributed by atoms with Crippen LogP contribution in [0.5, 0.6) is 11.5 Å². The van der Waals surface area contributed by atoms with Gasteiger partial charge in [-0.05, 0) is 78.0 Å². The van der Waals surface area contributed by atoms with Gasteiger partial charge in [0.1, 0.15) is 17.1 Å². The van der Waals surface area contributed by atoms with E-state index in [1.165, 1.54) is 11.1 Å². The summed E-state index contributed by atoms with van der Waals surface area (Å²) in [5.74, 6) is 0.917. The molecule has 0 aromatic heterocycles. The summed E-state index contributed by atoms with van der Waals surface area (Å²) in [7, 11) is 0. The van der Waals surface area contributed by atoms with Crippen LogP contribution in [0.2, 0.25) is 0 Å². The van der Waals surface area contributed by atoms with Crippen LogP contribution in [0.4, 0.5) is 0 Å². The van der Waals surface area contributed by atoms with Gasteiger partial charge in [-0.25, -0.2) is 0 Å². The highest BCUT2D eigenvalue weighted by Crippen LogP contribution is 2.40. The van der Waals surface area contributed by atoms with Crippen molar-refractivity contribution in [2.24, 2.45) is 0 Å². The molecule has 25 heavy (non-hydrogen) atoms. The van der Waals surface area contributed by atoms with E-state index in [-0.39, 0.29) is 5.75 Å². The third kappa shape index (κ3) is 5.12. The van der Waals surface area contributed by atoms with E-state index in [1.807, 2.05) is 19.9 Å². The van der Waals surface area contributed by atoms with Gasteiger partial charge in [0, 0.05) is 12.0 Å². The number of benzene rings is 1. The first kappa shape index (κ1) is 19.6. The van der Waals surface area contributed by atoms with Crippen LogP contribution in [0, 0.1) is 6.92 Å². The molecule has 0 spiro atoms. The Labute approximate surface area is 152 Å². The number of aryl methyl sites for hydroxylation is 1. The molecule has 2 N–H and O–H groups in total. The number of rotatable bonds is 6. The topological polar surface area (TPSA) is 49.7 Å². The molecule has 0 amide bonds. The Bertz CT molecular complexity index is 668. The van der Waals surface area contributed by atoms with Gasteiger partial charge in [-0.1, -0.05) is 23.3 Å². The molecule has 3 nitrogen and oxygen atoms in total. The maximum atomic E-state index is 10.6.